The van der Waals surface area contributed by atoms with Crippen molar-refractivity contribution in [1.82, 2.24) is 4.98 Å². The molecule has 0 unspecified atom stereocenters. The zero-order valence-corrected chi connectivity index (χ0v) is 14.9. The van der Waals surface area contributed by atoms with E-state index < -0.39 is 0 Å². The highest BCUT2D eigenvalue weighted by Crippen LogP contribution is 2.30. The highest BCUT2D eigenvalue weighted by molar-refractivity contribution is 7.12. The maximum atomic E-state index is 12.4. The van der Waals surface area contributed by atoms with Gasteiger partial charge in [0.2, 0.25) is 0 Å². The van der Waals surface area contributed by atoms with Crippen LogP contribution in [-0.4, -0.2) is 18.0 Å². The number of thiophene rings is 1. The van der Waals surface area contributed by atoms with Gasteiger partial charge in [-0.05, 0) is 35.7 Å². The molecule has 0 bridgehead atoms. The van der Waals surface area contributed by atoms with E-state index in [-0.39, 0.29) is 12.5 Å². The lowest BCUT2D eigenvalue weighted by molar-refractivity contribution is 0.102. The quantitative estimate of drug-likeness (QED) is 0.683. The fraction of sp³-hybridized carbons (Fsp3) is 0.111. The van der Waals surface area contributed by atoms with Crippen molar-refractivity contribution in [3.8, 4) is 11.5 Å². The smallest absolute Gasteiger partial charge is 0.269 e. The number of hydrogen-bond acceptors (Lipinski definition) is 5. The van der Waals surface area contributed by atoms with Gasteiger partial charge >= 0.3 is 0 Å². The standard InChI is InChI=1S/C18H15ClN2O3S/c1-23-15-6-2-5-14(19)13(15)11-24-16-7-9-25-17(16)18(22)21-12-4-3-8-20-10-12/h2-10H,11H2,1H3,(H,21,22). The molecule has 5 nitrogen and oxygen atoms in total. The second kappa shape index (κ2) is 8.00. The minimum absolute atomic E-state index is 0.201. The minimum atomic E-state index is -0.246. The molecule has 0 radical (unpaired) electrons. The van der Waals surface area contributed by atoms with Gasteiger partial charge in [-0.25, -0.2) is 0 Å². The van der Waals surface area contributed by atoms with E-state index in [4.69, 9.17) is 21.1 Å². The van der Waals surface area contributed by atoms with Crippen LogP contribution >= 0.6 is 22.9 Å². The normalized spacial score (nSPS) is 10.3. The molecule has 0 aliphatic carbocycles. The van der Waals surface area contributed by atoms with Gasteiger partial charge in [0, 0.05) is 11.8 Å². The molecule has 25 heavy (non-hydrogen) atoms. The average molecular weight is 375 g/mol. The number of pyridine rings is 1. The van der Waals surface area contributed by atoms with Crippen LogP contribution in [0.3, 0.4) is 0 Å². The number of hydrogen-bond donors (Lipinski definition) is 1. The Balaban J connectivity index is 1.73. The van der Waals surface area contributed by atoms with Crippen LogP contribution in [0.5, 0.6) is 11.5 Å². The van der Waals surface area contributed by atoms with Crippen LogP contribution in [0.1, 0.15) is 15.2 Å². The molecule has 0 fully saturated rings. The van der Waals surface area contributed by atoms with E-state index in [2.05, 4.69) is 10.3 Å². The van der Waals surface area contributed by atoms with E-state index in [9.17, 15) is 4.79 Å². The van der Waals surface area contributed by atoms with E-state index in [0.717, 1.165) is 5.56 Å². The van der Waals surface area contributed by atoms with Crippen molar-refractivity contribution in [3.63, 3.8) is 0 Å². The summed E-state index contributed by atoms with van der Waals surface area (Å²) < 4.78 is 11.1. The maximum Gasteiger partial charge on any atom is 0.269 e. The molecular formula is C18H15ClN2O3S. The second-order valence-corrected chi connectivity index (χ2v) is 6.34. The SMILES string of the molecule is COc1cccc(Cl)c1COc1ccsc1C(=O)Nc1cccnc1. The highest BCUT2D eigenvalue weighted by Gasteiger charge is 2.16. The van der Waals surface area contributed by atoms with Crippen LogP contribution < -0.4 is 14.8 Å². The number of anilines is 1. The number of nitrogens with one attached hydrogen (secondary N) is 1. The Kier molecular flexibility index (Phi) is 5.53. The lowest BCUT2D eigenvalue weighted by Crippen LogP contribution is -2.12. The van der Waals surface area contributed by atoms with Gasteiger partial charge in [-0.2, -0.15) is 0 Å². The molecule has 128 valence electrons. The van der Waals surface area contributed by atoms with Gasteiger partial charge in [-0.1, -0.05) is 17.7 Å². The molecule has 2 aromatic heterocycles. The Bertz CT molecular complexity index is 868. The van der Waals surface area contributed by atoms with Crippen molar-refractivity contribution in [2.24, 2.45) is 0 Å². The summed E-state index contributed by atoms with van der Waals surface area (Å²) >= 11 is 7.52. The highest BCUT2D eigenvalue weighted by atomic mass is 35.5. The Morgan fingerprint density at radius 2 is 2.12 bits per heavy atom. The number of methoxy groups -OCH3 is 1. The van der Waals surface area contributed by atoms with Gasteiger partial charge in [0.25, 0.3) is 5.91 Å². The lowest BCUT2D eigenvalue weighted by atomic mass is 10.2. The third-order valence-corrected chi connectivity index (χ3v) is 4.67. The van der Waals surface area contributed by atoms with Gasteiger partial charge in [0.15, 0.2) is 0 Å². The third-order valence-electron chi connectivity index (χ3n) is 3.42. The molecule has 0 aliphatic rings. The maximum absolute atomic E-state index is 12.4. The minimum Gasteiger partial charge on any atom is -0.496 e. The first-order valence-electron chi connectivity index (χ1n) is 7.42. The molecule has 0 saturated heterocycles. The van der Waals surface area contributed by atoms with E-state index >= 15 is 0 Å². The summed E-state index contributed by atoms with van der Waals surface area (Å²) in [6.45, 7) is 0.201. The van der Waals surface area contributed by atoms with Crippen LogP contribution in [0, 0.1) is 0 Å². The van der Waals surface area contributed by atoms with Gasteiger partial charge in [-0.15, -0.1) is 11.3 Å². The molecule has 0 spiro atoms. The molecule has 7 heteroatoms. The number of amides is 1. The molecular weight excluding hydrogens is 360 g/mol. The number of nitrogens with zero attached hydrogens (tertiary/aromatic N) is 1. The number of ether oxygens (including phenoxy) is 2. The summed E-state index contributed by atoms with van der Waals surface area (Å²) in [6, 6.07) is 10.7. The van der Waals surface area contributed by atoms with Gasteiger partial charge in [-0.3, -0.25) is 9.78 Å². The summed E-state index contributed by atoms with van der Waals surface area (Å²) in [5, 5.41) is 5.15. The first kappa shape index (κ1) is 17.3. The van der Waals surface area contributed by atoms with Crippen molar-refractivity contribution in [2.45, 2.75) is 6.61 Å². The van der Waals surface area contributed by atoms with Crippen molar-refractivity contribution in [3.05, 3.63) is 69.6 Å². The monoisotopic (exact) mass is 374 g/mol. The zero-order chi connectivity index (χ0) is 17.6. The molecule has 1 amide bonds. The van der Waals surface area contributed by atoms with Crippen molar-refractivity contribution < 1.29 is 14.3 Å². The Hall–Kier alpha value is -2.57. The predicted molar refractivity (Wildman–Crippen MR) is 98.8 cm³/mol. The predicted octanol–water partition coefficient (Wildman–Crippen LogP) is 4.64. The second-order valence-electron chi connectivity index (χ2n) is 5.02. The molecule has 2 heterocycles. The van der Waals surface area contributed by atoms with Crippen LogP contribution in [-0.2, 0) is 6.61 Å². The van der Waals surface area contributed by atoms with E-state index in [1.165, 1.54) is 11.3 Å². The van der Waals surface area contributed by atoms with Gasteiger partial charge in [0.05, 0.1) is 24.0 Å². The summed E-state index contributed by atoms with van der Waals surface area (Å²) in [5.41, 5.74) is 1.36. The van der Waals surface area contributed by atoms with Crippen molar-refractivity contribution >= 4 is 34.5 Å². The lowest BCUT2D eigenvalue weighted by Gasteiger charge is -2.12. The molecule has 3 rings (SSSR count). The van der Waals surface area contributed by atoms with Crippen LogP contribution in [0.15, 0.2) is 54.2 Å². The Morgan fingerprint density at radius 3 is 2.88 bits per heavy atom. The number of carbonyl (C=O) groups is 1. The molecule has 3 aromatic rings. The fourth-order valence-electron chi connectivity index (χ4n) is 2.22. The topological polar surface area (TPSA) is 60.5 Å². The number of carbonyl (C=O) groups excluding carboxylic acids is 1. The van der Waals surface area contributed by atoms with E-state index in [1.807, 2.05) is 12.1 Å². The van der Waals surface area contributed by atoms with E-state index in [1.54, 1.807) is 49.1 Å². The molecule has 0 saturated carbocycles. The summed E-state index contributed by atoms with van der Waals surface area (Å²) in [7, 11) is 1.58. The molecule has 1 aromatic carbocycles. The summed E-state index contributed by atoms with van der Waals surface area (Å²) in [4.78, 5) is 16.9. The molecule has 1 N–H and O–H groups in total. The average Bonchev–Trinajstić information content (AvgIpc) is 3.10. The first-order valence-corrected chi connectivity index (χ1v) is 8.68. The van der Waals surface area contributed by atoms with Crippen LogP contribution in [0.2, 0.25) is 5.02 Å². The van der Waals surface area contributed by atoms with E-state index in [0.29, 0.717) is 27.1 Å². The van der Waals surface area contributed by atoms with Crippen LogP contribution in [0.4, 0.5) is 5.69 Å². The Morgan fingerprint density at radius 1 is 1.24 bits per heavy atom. The van der Waals surface area contributed by atoms with Crippen molar-refractivity contribution in [1.29, 1.82) is 0 Å². The van der Waals surface area contributed by atoms with Gasteiger partial charge < -0.3 is 14.8 Å². The fourth-order valence-corrected chi connectivity index (χ4v) is 3.17. The summed E-state index contributed by atoms with van der Waals surface area (Å²) in [5.74, 6) is 0.890. The molecule has 0 atom stereocenters. The van der Waals surface area contributed by atoms with Crippen molar-refractivity contribution in [2.75, 3.05) is 12.4 Å². The first-order chi connectivity index (χ1) is 12.2. The number of halogens is 1. The van der Waals surface area contributed by atoms with Crippen LogP contribution in [0.25, 0.3) is 0 Å². The third kappa shape index (κ3) is 4.10. The number of benzene rings is 1. The largest absolute Gasteiger partial charge is 0.496 e. The summed E-state index contributed by atoms with van der Waals surface area (Å²) in [6.07, 6.45) is 3.23. The molecule has 0 aliphatic heterocycles. The number of aromatic nitrogens is 1. The zero-order valence-electron chi connectivity index (χ0n) is 13.4. The number of rotatable bonds is 6. The Labute approximate surface area is 154 Å². The van der Waals surface area contributed by atoms with Gasteiger partial charge in [0.1, 0.15) is 23.0 Å².